The Morgan fingerprint density at radius 2 is 2.16 bits per heavy atom. The van der Waals surface area contributed by atoms with Gasteiger partial charge in [0.1, 0.15) is 5.69 Å². The second-order valence-corrected chi connectivity index (χ2v) is 3.88. The van der Waals surface area contributed by atoms with Crippen molar-refractivity contribution in [3.05, 3.63) is 47.7 Å². The third kappa shape index (κ3) is 3.46. The Bertz CT molecular complexity index is 569. The third-order valence-electron chi connectivity index (χ3n) is 2.41. The van der Waals surface area contributed by atoms with E-state index in [2.05, 4.69) is 25.7 Å². The van der Waals surface area contributed by atoms with Crippen LogP contribution in [0, 0.1) is 6.92 Å². The number of amides is 1. The van der Waals surface area contributed by atoms with Gasteiger partial charge in [-0.1, -0.05) is 6.07 Å². The number of hydrogen-bond acceptors (Lipinski definition) is 6. The SMILES string of the molecule is Cc1cccc(CNC(=O)c2cnc(NN)cn2)n1. The molecule has 98 valence electrons. The van der Waals surface area contributed by atoms with Gasteiger partial charge in [0.15, 0.2) is 5.82 Å². The van der Waals surface area contributed by atoms with E-state index in [1.165, 1.54) is 12.4 Å². The molecule has 4 N–H and O–H groups in total. The number of rotatable bonds is 4. The molecule has 0 saturated heterocycles. The third-order valence-corrected chi connectivity index (χ3v) is 2.41. The van der Waals surface area contributed by atoms with E-state index in [-0.39, 0.29) is 11.6 Å². The van der Waals surface area contributed by atoms with Gasteiger partial charge in [-0.05, 0) is 19.1 Å². The average Bonchev–Trinajstić information content (AvgIpc) is 2.45. The molecule has 2 aromatic rings. The Morgan fingerprint density at radius 1 is 1.32 bits per heavy atom. The fourth-order valence-electron chi connectivity index (χ4n) is 1.48. The van der Waals surface area contributed by atoms with Gasteiger partial charge in [0.2, 0.25) is 0 Å². The van der Waals surface area contributed by atoms with Crippen molar-refractivity contribution in [3.63, 3.8) is 0 Å². The molecule has 0 aliphatic carbocycles. The number of hydrazine groups is 1. The van der Waals surface area contributed by atoms with Crippen LogP contribution in [0.3, 0.4) is 0 Å². The summed E-state index contributed by atoms with van der Waals surface area (Å²) in [6, 6.07) is 5.64. The number of nitrogens with one attached hydrogen (secondary N) is 2. The molecule has 1 amide bonds. The van der Waals surface area contributed by atoms with Crippen molar-refractivity contribution in [1.29, 1.82) is 0 Å². The van der Waals surface area contributed by atoms with E-state index in [0.717, 1.165) is 11.4 Å². The maximum Gasteiger partial charge on any atom is 0.271 e. The highest BCUT2D eigenvalue weighted by molar-refractivity contribution is 5.91. The lowest BCUT2D eigenvalue weighted by molar-refractivity contribution is 0.0945. The smallest absolute Gasteiger partial charge is 0.271 e. The standard InChI is InChI=1S/C12H14N6O/c1-8-3-2-4-9(17-8)5-16-12(19)10-6-15-11(18-13)7-14-10/h2-4,6-7H,5,13H2,1H3,(H,15,18)(H,16,19). The van der Waals surface area contributed by atoms with Gasteiger partial charge in [0.25, 0.3) is 5.91 Å². The number of pyridine rings is 1. The fourth-order valence-corrected chi connectivity index (χ4v) is 1.48. The average molecular weight is 258 g/mol. The lowest BCUT2D eigenvalue weighted by atomic mass is 10.3. The van der Waals surface area contributed by atoms with Crippen LogP contribution < -0.4 is 16.6 Å². The highest BCUT2D eigenvalue weighted by Crippen LogP contribution is 2.01. The minimum atomic E-state index is -0.306. The highest BCUT2D eigenvalue weighted by atomic mass is 16.1. The van der Waals surface area contributed by atoms with E-state index in [0.29, 0.717) is 12.4 Å². The van der Waals surface area contributed by atoms with Crippen LogP contribution in [0.1, 0.15) is 21.9 Å². The highest BCUT2D eigenvalue weighted by Gasteiger charge is 2.07. The number of hydrogen-bond donors (Lipinski definition) is 3. The molecule has 0 radical (unpaired) electrons. The predicted octanol–water partition coefficient (Wildman–Crippen LogP) is 0.396. The van der Waals surface area contributed by atoms with Gasteiger partial charge in [-0.25, -0.2) is 15.8 Å². The lowest BCUT2D eigenvalue weighted by Crippen LogP contribution is -2.24. The van der Waals surface area contributed by atoms with Crippen molar-refractivity contribution in [2.45, 2.75) is 13.5 Å². The molecule has 0 saturated carbocycles. The molecule has 0 atom stereocenters. The summed E-state index contributed by atoms with van der Waals surface area (Å²) < 4.78 is 0. The first-order chi connectivity index (χ1) is 9.19. The predicted molar refractivity (Wildman–Crippen MR) is 70.0 cm³/mol. The summed E-state index contributed by atoms with van der Waals surface area (Å²) in [7, 11) is 0. The van der Waals surface area contributed by atoms with Crippen molar-refractivity contribution >= 4 is 11.7 Å². The number of nitrogens with zero attached hydrogens (tertiary/aromatic N) is 3. The summed E-state index contributed by atoms with van der Waals surface area (Å²) in [6.07, 6.45) is 2.74. The fraction of sp³-hybridized carbons (Fsp3) is 0.167. The van der Waals surface area contributed by atoms with Crippen LogP contribution in [0.15, 0.2) is 30.6 Å². The zero-order valence-electron chi connectivity index (χ0n) is 10.4. The number of carbonyl (C=O) groups is 1. The van der Waals surface area contributed by atoms with Crippen LogP contribution in [0.25, 0.3) is 0 Å². The van der Waals surface area contributed by atoms with Crippen LogP contribution in [0.4, 0.5) is 5.82 Å². The topological polar surface area (TPSA) is 106 Å². The first kappa shape index (κ1) is 12.9. The largest absolute Gasteiger partial charge is 0.345 e. The summed E-state index contributed by atoms with van der Waals surface area (Å²) >= 11 is 0. The summed E-state index contributed by atoms with van der Waals surface area (Å²) in [4.78, 5) is 24.0. The number of anilines is 1. The van der Waals surface area contributed by atoms with Crippen LogP contribution in [-0.4, -0.2) is 20.9 Å². The maximum absolute atomic E-state index is 11.8. The zero-order chi connectivity index (χ0) is 13.7. The molecule has 0 unspecified atom stereocenters. The lowest BCUT2D eigenvalue weighted by Gasteiger charge is -2.05. The summed E-state index contributed by atoms with van der Waals surface area (Å²) in [5.74, 6) is 5.26. The van der Waals surface area contributed by atoms with Gasteiger partial charge in [0, 0.05) is 5.69 Å². The molecule has 0 aromatic carbocycles. The zero-order valence-corrected chi connectivity index (χ0v) is 10.4. The Morgan fingerprint density at radius 3 is 2.79 bits per heavy atom. The molecule has 0 fully saturated rings. The molecule has 0 spiro atoms. The van der Waals surface area contributed by atoms with E-state index in [1.54, 1.807) is 0 Å². The summed E-state index contributed by atoms with van der Waals surface area (Å²) in [5, 5.41) is 2.72. The van der Waals surface area contributed by atoms with E-state index < -0.39 is 0 Å². The molecule has 2 rings (SSSR count). The number of aryl methyl sites for hydroxylation is 1. The molecule has 0 bridgehead atoms. The first-order valence-electron chi connectivity index (χ1n) is 5.68. The minimum Gasteiger partial charge on any atom is -0.345 e. The number of carbonyl (C=O) groups excluding carboxylic acids is 1. The van der Waals surface area contributed by atoms with Crippen LogP contribution in [0.5, 0.6) is 0 Å². The van der Waals surface area contributed by atoms with Gasteiger partial charge in [-0.2, -0.15) is 0 Å². The molecule has 0 aliphatic heterocycles. The minimum absolute atomic E-state index is 0.228. The molecular weight excluding hydrogens is 244 g/mol. The number of aromatic nitrogens is 3. The van der Waals surface area contributed by atoms with Crippen molar-refractivity contribution < 1.29 is 4.79 Å². The first-order valence-corrected chi connectivity index (χ1v) is 5.68. The normalized spacial score (nSPS) is 10.0. The van der Waals surface area contributed by atoms with Gasteiger partial charge in [-0.3, -0.25) is 9.78 Å². The van der Waals surface area contributed by atoms with Gasteiger partial charge >= 0.3 is 0 Å². The Kier molecular flexibility index (Phi) is 3.99. The monoisotopic (exact) mass is 258 g/mol. The Hall–Kier alpha value is -2.54. The van der Waals surface area contributed by atoms with E-state index in [9.17, 15) is 4.79 Å². The van der Waals surface area contributed by atoms with Crippen molar-refractivity contribution in [3.8, 4) is 0 Å². The van der Waals surface area contributed by atoms with E-state index >= 15 is 0 Å². The van der Waals surface area contributed by atoms with Gasteiger partial charge in [0.05, 0.1) is 24.6 Å². The molecule has 0 aliphatic rings. The molecule has 7 nitrogen and oxygen atoms in total. The molecule has 7 heteroatoms. The number of nitrogens with two attached hydrogens (primary N) is 1. The molecule has 2 heterocycles. The van der Waals surface area contributed by atoms with Crippen LogP contribution >= 0.6 is 0 Å². The van der Waals surface area contributed by atoms with E-state index in [1.807, 2.05) is 25.1 Å². The van der Waals surface area contributed by atoms with Crippen LogP contribution in [-0.2, 0) is 6.54 Å². The summed E-state index contributed by atoms with van der Waals surface area (Å²) in [6.45, 7) is 2.24. The van der Waals surface area contributed by atoms with E-state index in [4.69, 9.17) is 5.84 Å². The quantitative estimate of drug-likeness (QED) is 0.541. The Labute approximate surface area is 110 Å². The van der Waals surface area contributed by atoms with Crippen LogP contribution in [0.2, 0.25) is 0 Å². The Balaban J connectivity index is 1.97. The summed E-state index contributed by atoms with van der Waals surface area (Å²) in [5.41, 5.74) is 4.27. The number of nitrogen functional groups attached to an aromatic ring is 1. The maximum atomic E-state index is 11.8. The second kappa shape index (κ2) is 5.87. The van der Waals surface area contributed by atoms with Crippen molar-refractivity contribution in [2.75, 3.05) is 5.43 Å². The molecular formula is C12H14N6O. The van der Waals surface area contributed by atoms with Crippen molar-refractivity contribution in [2.24, 2.45) is 5.84 Å². The van der Waals surface area contributed by atoms with Gasteiger partial charge in [-0.15, -0.1) is 0 Å². The van der Waals surface area contributed by atoms with Crippen molar-refractivity contribution in [1.82, 2.24) is 20.3 Å². The second-order valence-electron chi connectivity index (χ2n) is 3.88. The van der Waals surface area contributed by atoms with Gasteiger partial charge < -0.3 is 10.7 Å². The molecule has 2 aromatic heterocycles. The molecule has 19 heavy (non-hydrogen) atoms.